The molecule has 6 heteroatoms. The van der Waals surface area contributed by atoms with Crippen LogP contribution in [0.15, 0.2) is 0 Å². The van der Waals surface area contributed by atoms with Crippen molar-refractivity contribution in [1.29, 1.82) is 0 Å². The van der Waals surface area contributed by atoms with Gasteiger partial charge in [-0.3, -0.25) is 4.79 Å². The number of carbonyl (C=O) groups is 1. The van der Waals surface area contributed by atoms with Gasteiger partial charge in [-0.1, -0.05) is 27.7 Å². The molecule has 0 atom stereocenters. The van der Waals surface area contributed by atoms with Gasteiger partial charge < -0.3 is 24.6 Å². The Morgan fingerprint density at radius 2 is 1.64 bits per heavy atom. The van der Waals surface area contributed by atoms with Gasteiger partial charge in [0.25, 0.3) is 0 Å². The van der Waals surface area contributed by atoms with E-state index in [0.717, 1.165) is 38.8 Å². The van der Waals surface area contributed by atoms with E-state index in [-0.39, 0.29) is 18.1 Å². The third-order valence-electron chi connectivity index (χ3n) is 5.87. The Hall–Kier alpha value is -0.690. The van der Waals surface area contributed by atoms with Gasteiger partial charge in [-0.15, -0.1) is 0 Å². The molecule has 2 aliphatic heterocycles. The van der Waals surface area contributed by atoms with Crippen LogP contribution in [0.2, 0.25) is 0 Å². The SMILES string of the molecule is CCC(O)(CC)CO.CCC1(CC)COC2(CCN(C(C)=O)CC2)O1. The van der Waals surface area contributed by atoms with Crippen LogP contribution in [-0.2, 0) is 14.3 Å². The zero-order valence-electron chi connectivity index (χ0n) is 16.6. The second-order valence-electron chi connectivity index (χ2n) is 7.29. The van der Waals surface area contributed by atoms with Crippen molar-refractivity contribution in [2.24, 2.45) is 0 Å². The minimum Gasteiger partial charge on any atom is -0.393 e. The van der Waals surface area contributed by atoms with Crippen LogP contribution in [0.1, 0.15) is 73.1 Å². The number of nitrogens with zero attached hydrogens (tertiary/aromatic N) is 1. The van der Waals surface area contributed by atoms with Gasteiger partial charge in [-0.25, -0.2) is 0 Å². The van der Waals surface area contributed by atoms with Crippen LogP contribution >= 0.6 is 0 Å². The lowest BCUT2D eigenvalue weighted by Crippen LogP contribution is -2.47. The molecule has 2 fully saturated rings. The van der Waals surface area contributed by atoms with Crippen molar-refractivity contribution in [2.75, 3.05) is 26.3 Å². The summed E-state index contributed by atoms with van der Waals surface area (Å²) >= 11 is 0. The van der Waals surface area contributed by atoms with E-state index in [9.17, 15) is 9.90 Å². The molecule has 2 saturated heterocycles. The fraction of sp³-hybridized carbons (Fsp3) is 0.947. The van der Waals surface area contributed by atoms with E-state index in [2.05, 4.69) is 13.8 Å². The molecule has 0 aromatic heterocycles. The molecule has 0 aromatic carbocycles. The van der Waals surface area contributed by atoms with Crippen molar-refractivity contribution in [2.45, 2.75) is 90.1 Å². The Morgan fingerprint density at radius 1 is 1.12 bits per heavy atom. The highest BCUT2D eigenvalue weighted by atomic mass is 16.8. The highest BCUT2D eigenvalue weighted by Crippen LogP contribution is 2.41. The topological polar surface area (TPSA) is 79.2 Å². The lowest BCUT2D eigenvalue weighted by Gasteiger charge is -2.39. The standard InChI is InChI=1S/C13H23NO3.C6H14O2/c1-4-12(5-2)10-16-13(17-12)6-8-14(9-7-13)11(3)15;1-3-6(8,4-2)5-7/h4-10H2,1-3H3;7-8H,3-5H2,1-2H3. The first kappa shape index (κ1) is 22.4. The van der Waals surface area contributed by atoms with E-state index in [4.69, 9.17) is 14.6 Å². The smallest absolute Gasteiger partial charge is 0.219 e. The van der Waals surface area contributed by atoms with Crippen LogP contribution in [-0.4, -0.2) is 64.3 Å². The number of carbonyl (C=O) groups excluding carboxylic acids is 1. The fourth-order valence-corrected chi connectivity index (χ4v) is 3.20. The van der Waals surface area contributed by atoms with E-state index in [1.807, 2.05) is 18.7 Å². The van der Waals surface area contributed by atoms with Crippen LogP contribution in [0, 0.1) is 0 Å². The van der Waals surface area contributed by atoms with Crippen molar-refractivity contribution >= 4 is 5.91 Å². The average Bonchev–Trinajstić information content (AvgIpc) is 3.01. The van der Waals surface area contributed by atoms with Gasteiger partial charge in [0.15, 0.2) is 5.79 Å². The van der Waals surface area contributed by atoms with Gasteiger partial charge in [0.2, 0.25) is 5.91 Å². The first-order valence-electron chi connectivity index (χ1n) is 9.66. The third-order valence-corrected chi connectivity index (χ3v) is 5.87. The molecule has 0 radical (unpaired) electrons. The van der Waals surface area contributed by atoms with Gasteiger partial charge in [0.1, 0.15) is 0 Å². The number of rotatable bonds is 5. The molecule has 0 saturated carbocycles. The second kappa shape index (κ2) is 9.31. The largest absolute Gasteiger partial charge is 0.393 e. The third kappa shape index (κ3) is 5.64. The highest BCUT2D eigenvalue weighted by Gasteiger charge is 2.50. The van der Waals surface area contributed by atoms with Gasteiger partial charge in [0.05, 0.1) is 24.4 Å². The number of piperidine rings is 1. The maximum atomic E-state index is 11.3. The van der Waals surface area contributed by atoms with Crippen molar-refractivity contribution in [3.05, 3.63) is 0 Å². The molecule has 1 amide bonds. The van der Waals surface area contributed by atoms with E-state index in [1.165, 1.54) is 0 Å². The van der Waals surface area contributed by atoms with Crippen LogP contribution in [0.5, 0.6) is 0 Å². The van der Waals surface area contributed by atoms with E-state index in [0.29, 0.717) is 19.4 Å². The lowest BCUT2D eigenvalue weighted by atomic mass is 9.98. The molecule has 0 aromatic rings. The van der Waals surface area contributed by atoms with Crippen molar-refractivity contribution in [1.82, 2.24) is 4.90 Å². The first-order chi connectivity index (χ1) is 11.7. The lowest BCUT2D eigenvalue weighted by molar-refractivity contribution is -0.212. The van der Waals surface area contributed by atoms with Gasteiger partial charge >= 0.3 is 0 Å². The Morgan fingerprint density at radius 3 is 1.92 bits per heavy atom. The summed E-state index contributed by atoms with van der Waals surface area (Å²) in [7, 11) is 0. The van der Waals surface area contributed by atoms with Crippen molar-refractivity contribution in [3.63, 3.8) is 0 Å². The summed E-state index contributed by atoms with van der Waals surface area (Å²) in [6, 6.07) is 0. The molecule has 25 heavy (non-hydrogen) atoms. The Bertz CT molecular complexity index is 402. The van der Waals surface area contributed by atoms with Gasteiger partial charge in [-0.2, -0.15) is 0 Å². The predicted molar refractivity (Wildman–Crippen MR) is 97.2 cm³/mol. The van der Waals surface area contributed by atoms with Crippen molar-refractivity contribution in [3.8, 4) is 0 Å². The van der Waals surface area contributed by atoms with Crippen LogP contribution in [0.3, 0.4) is 0 Å². The minimum absolute atomic E-state index is 0.0988. The summed E-state index contributed by atoms with van der Waals surface area (Å²) in [5.41, 5.74) is -0.918. The van der Waals surface area contributed by atoms with E-state index < -0.39 is 11.4 Å². The molecule has 2 heterocycles. The normalized spacial score (nSPS) is 21.8. The summed E-state index contributed by atoms with van der Waals surface area (Å²) in [5, 5.41) is 17.7. The number of amides is 1. The Kier molecular flexibility index (Phi) is 8.32. The van der Waals surface area contributed by atoms with E-state index >= 15 is 0 Å². The number of aliphatic hydroxyl groups is 2. The molecule has 2 N–H and O–H groups in total. The Balaban J connectivity index is 0.000000333. The average molecular weight is 360 g/mol. The predicted octanol–water partition coefficient (Wildman–Crippen LogP) is 2.46. The number of hydrogen-bond donors (Lipinski definition) is 2. The summed E-state index contributed by atoms with van der Waals surface area (Å²) in [6.07, 6.45) is 4.83. The molecule has 1 spiro atoms. The molecule has 2 aliphatic rings. The second-order valence-corrected chi connectivity index (χ2v) is 7.29. The zero-order valence-corrected chi connectivity index (χ0v) is 16.6. The fourth-order valence-electron chi connectivity index (χ4n) is 3.20. The number of aliphatic hydroxyl groups excluding tert-OH is 1. The summed E-state index contributed by atoms with van der Waals surface area (Å²) in [5.74, 6) is -0.270. The maximum Gasteiger partial charge on any atom is 0.219 e. The highest BCUT2D eigenvalue weighted by molar-refractivity contribution is 5.73. The summed E-state index contributed by atoms with van der Waals surface area (Å²) in [4.78, 5) is 13.2. The number of likely N-dealkylation sites (tertiary alicyclic amines) is 1. The van der Waals surface area contributed by atoms with Gasteiger partial charge in [-0.05, 0) is 25.7 Å². The number of ether oxygens (including phenoxy) is 2. The molecule has 6 nitrogen and oxygen atoms in total. The van der Waals surface area contributed by atoms with Crippen LogP contribution in [0.25, 0.3) is 0 Å². The van der Waals surface area contributed by atoms with Crippen molar-refractivity contribution < 1.29 is 24.5 Å². The first-order valence-corrected chi connectivity index (χ1v) is 9.66. The minimum atomic E-state index is -0.819. The molecule has 0 unspecified atom stereocenters. The molecule has 148 valence electrons. The zero-order chi connectivity index (χ0) is 19.1. The van der Waals surface area contributed by atoms with Gasteiger partial charge in [0, 0.05) is 32.9 Å². The number of hydrogen-bond acceptors (Lipinski definition) is 5. The molecular weight excluding hydrogens is 322 g/mol. The van der Waals surface area contributed by atoms with E-state index in [1.54, 1.807) is 6.92 Å². The molecular formula is C19H37NO5. The summed E-state index contributed by atoms with van der Waals surface area (Å²) in [6.45, 7) is 11.7. The maximum absolute atomic E-state index is 11.3. The molecule has 2 rings (SSSR count). The quantitative estimate of drug-likeness (QED) is 0.788. The molecule has 0 bridgehead atoms. The molecule has 0 aliphatic carbocycles. The Labute approximate surface area is 152 Å². The monoisotopic (exact) mass is 359 g/mol. The van der Waals surface area contributed by atoms with Crippen LogP contribution in [0.4, 0.5) is 0 Å². The van der Waals surface area contributed by atoms with Crippen LogP contribution < -0.4 is 0 Å². The summed E-state index contributed by atoms with van der Waals surface area (Å²) < 4.78 is 12.2.